The lowest BCUT2D eigenvalue weighted by Crippen LogP contribution is -2.43. The van der Waals surface area contributed by atoms with Gasteiger partial charge in [-0.1, -0.05) is 19.8 Å². The maximum absolute atomic E-state index is 4.58. The lowest BCUT2D eigenvalue weighted by atomic mass is 9.84. The van der Waals surface area contributed by atoms with E-state index in [4.69, 9.17) is 0 Å². The largest absolute Gasteiger partial charge is 0.311 e. The van der Waals surface area contributed by atoms with E-state index in [0.717, 1.165) is 11.5 Å². The van der Waals surface area contributed by atoms with E-state index in [1.54, 1.807) is 0 Å². The van der Waals surface area contributed by atoms with E-state index in [-0.39, 0.29) is 0 Å². The van der Waals surface area contributed by atoms with Crippen molar-refractivity contribution in [3.8, 4) is 11.5 Å². The minimum absolute atomic E-state index is 0.621. The van der Waals surface area contributed by atoms with Crippen LogP contribution in [0.4, 0.5) is 0 Å². The molecule has 3 rings (SSSR count). The third-order valence-electron chi connectivity index (χ3n) is 3.98. The van der Waals surface area contributed by atoms with E-state index >= 15 is 0 Å². The monoisotopic (exact) mass is 231 g/mol. The fraction of sp³-hybridized carbons (Fsp3) is 0.714. The van der Waals surface area contributed by atoms with Crippen LogP contribution in [-0.2, 0) is 0 Å². The normalized spacial score (nSPS) is 30.4. The lowest BCUT2D eigenvalue weighted by molar-refractivity contribution is 0.284. The van der Waals surface area contributed by atoms with Gasteiger partial charge in [0.15, 0.2) is 5.82 Å². The molecule has 0 bridgehead atoms. The average Bonchev–Trinajstić information content (AvgIpc) is 2.93. The Morgan fingerprint density at radius 2 is 2.24 bits per heavy atom. The van der Waals surface area contributed by atoms with E-state index in [1.807, 2.05) is 0 Å². The highest BCUT2D eigenvalue weighted by Gasteiger charge is 2.30. The number of hydrogen-bond donors (Lipinski definition) is 1. The summed E-state index contributed by atoms with van der Waals surface area (Å²) in [5.41, 5.74) is 2.43. The van der Waals surface area contributed by atoms with Gasteiger partial charge in [-0.3, -0.25) is 0 Å². The van der Waals surface area contributed by atoms with E-state index in [1.165, 1.54) is 37.8 Å². The molecule has 92 valence electrons. The first kappa shape index (κ1) is 11.1. The molecule has 3 heteroatoms. The average molecular weight is 231 g/mol. The highest BCUT2D eigenvalue weighted by molar-refractivity contribution is 5.64. The smallest absolute Gasteiger partial charge is 0.179 e. The van der Waals surface area contributed by atoms with Gasteiger partial charge in [0.25, 0.3) is 0 Å². The van der Waals surface area contributed by atoms with Gasteiger partial charge in [0, 0.05) is 23.7 Å². The Balaban J connectivity index is 1.65. The van der Waals surface area contributed by atoms with Gasteiger partial charge in [-0.25, -0.2) is 9.97 Å². The first-order chi connectivity index (χ1) is 8.26. The van der Waals surface area contributed by atoms with E-state index in [2.05, 4.69) is 35.2 Å². The van der Waals surface area contributed by atoms with E-state index in [9.17, 15) is 0 Å². The van der Waals surface area contributed by atoms with Crippen LogP contribution in [-0.4, -0.2) is 22.1 Å². The Kier molecular flexibility index (Phi) is 2.87. The fourth-order valence-corrected chi connectivity index (χ4v) is 3.07. The number of fused-ring (bicyclic) bond motifs is 1. The third kappa shape index (κ3) is 2.34. The number of aromatic nitrogens is 2. The van der Waals surface area contributed by atoms with Crippen molar-refractivity contribution in [2.45, 2.75) is 64.0 Å². The van der Waals surface area contributed by atoms with Crippen LogP contribution in [0.15, 0.2) is 6.07 Å². The van der Waals surface area contributed by atoms with Crippen molar-refractivity contribution < 1.29 is 0 Å². The van der Waals surface area contributed by atoms with Crippen molar-refractivity contribution in [2.24, 2.45) is 0 Å². The van der Waals surface area contributed by atoms with Crippen LogP contribution in [0.5, 0.6) is 0 Å². The Hall–Kier alpha value is -0.960. The van der Waals surface area contributed by atoms with Gasteiger partial charge in [0.1, 0.15) is 5.69 Å². The van der Waals surface area contributed by atoms with Crippen LogP contribution in [0.3, 0.4) is 0 Å². The van der Waals surface area contributed by atoms with Crippen LogP contribution in [0, 0.1) is 0 Å². The molecule has 1 saturated heterocycles. The van der Waals surface area contributed by atoms with Gasteiger partial charge in [-0.15, -0.1) is 0 Å². The van der Waals surface area contributed by atoms with Crippen molar-refractivity contribution in [3.63, 3.8) is 0 Å². The topological polar surface area (TPSA) is 37.8 Å². The van der Waals surface area contributed by atoms with E-state index in [0.29, 0.717) is 18.0 Å². The molecule has 0 aliphatic carbocycles. The van der Waals surface area contributed by atoms with Crippen molar-refractivity contribution in [1.29, 1.82) is 0 Å². The zero-order valence-electron chi connectivity index (χ0n) is 10.7. The van der Waals surface area contributed by atoms with Crippen LogP contribution in [0.1, 0.15) is 57.6 Å². The van der Waals surface area contributed by atoms with Crippen molar-refractivity contribution in [1.82, 2.24) is 15.3 Å². The Labute approximate surface area is 103 Å². The number of rotatable bonds is 4. The summed E-state index contributed by atoms with van der Waals surface area (Å²) in [6.45, 7) is 4.56. The molecule has 3 aliphatic heterocycles. The second-order valence-electron chi connectivity index (χ2n) is 5.58. The molecule has 0 radical (unpaired) electrons. The standard InChI is InChI=1S/C14H21N3/c1-3-4-5-11-7-10(6-9(2)15-11)12-8-13-14(16-12)17-13/h8-11,15H,3-7H2,1-2H3. The third-order valence-corrected chi connectivity index (χ3v) is 3.98. The number of piperidine rings is 1. The zero-order chi connectivity index (χ0) is 11.8. The van der Waals surface area contributed by atoms with Crippen LogP contribution in [0.2, 0.25) is 0 Å². The summed E-state index contributed by atoms with van der Waals surface area (Å²) in [5.74, 6) is 1.65. The lowest BCUT2D eigenvalue weighted by Gasteiger charge is -2.34. The highest BCUT2D eigenvalue weighted by Crippen LogP contribution is 2.36. The highest BCUT2D eigenvalue weighted by atomic mass is 15.0. The number of nitrogens with zero attached hydrogens (tertiary/aromatic N) is 2. The van der Waals surface area contributed by atoms with Crippen molar-refractivity contribution in [3.05, 3.63) is 11.8 Å². The van der Waals surface area contributed by atoms with Crippen molar-refractivity contribution >= 4 is 0 Å². The summed E-state index contributed by atoms with van der Waals surface area (Å²) >= 11 is 0. The minimum atomic E-state index is 0.621. The van der Waals surface area contributed by atoms with Crippen LogP contribution >= 0.6 is 0 Å². The van der Waals surface area contributed by atoms with E-state index < -0.39 is 0 Å². The molecule has 1 fully saturated rings. The Morgan fingerprint density at radius 1 is 1.35 bits per heavy atom. The molecular weight excluding hydrogens is 210 g/mol. The van der Waals surface area contributed by atoms with Crippen LogP contribution < -0.4 is 5.32 Å². The molecule has 0 spiro atoms. The number of unbranched alkanes of at least 4 members (excludes halogenated alkanes) is 1. The molecular formula is C14H21N3. The molecule has 0 aromatic heterocycles. The predicted octanol–water partition coefficient (Wildman–Crippen LogP) is 2.87. The van der Waals surface area contributed by atoms with Crippen molar-refractivity contribution in [2.75, 3.05) is 0 Å². The number of nitrogens with one attached hydrogen (secondary N) is 1. The van der Waals surface area contributed by atoms with Gasteiger partial charge in [0.05, 0.1) is 0 Å². The molecule has 0 aromatic carbocycles. The summed E-state index contributed by atoms with van der Waals surface area (Å²) in [6, 6.07) is 3.49. The van der Waals surface area contributed by atoms with Gasteiger partial charge < -0.3 is 5.32 Å². The quantitative estimate of drug-likeness (QED) is 0.879. The Morgan fingerprint density at radius 3 is 2.94 bits per heavy atom. The Bertz CT molecular complexity index is 396. The summed E-state index contributed by atoms with van der Waals surface area (Å²) in [7, 11) is 0. The maximum atomic E-state index is 4.58. The molecule has 3 atom stereocenters. The summed E-state index contributed by atoms with van der Waals surface area (Å²) < 4.78 is 0. The first-order valence-corrected chi connectivity index (χ1v) is 6.91. The van der Waals surface area contributed by atoms with Gasteiger partial charge in [-0.05, 0) is 32.3 Å². The first-order valence-electron chi connectivity index (χ1n) is 6.91. The second-order valence-corrected chi connectivity index (χ2v) is 5.58. The molecule has 0 aromatic rings. The van der Waals surface area contributed by atoms with Gasteiger partial charge in [0.2, 0.25) is 0 Å². The predicted molar refractivity (Wildman–Crippen MR) is 68.9 cm³/mol. The summed E-state index contributed by atoms with van der Waals surface area (Å²) in [5, 5.41) is 3.72. The molecule has 0 saturated carbocycles. The fourth-order valence-electron chi connectivity index (χ4n) is 3.07. The molecule has 3 heterocycles. The zero-order valence-corrected chi connectivity index (χ0v) is 10.7. The molecule has 3 nitrogen and oxygen atoms in total. The maximum Gasteiger partial charge on any atom is 0.179 e. The molecule has 1 N–H and O–H groups in total. The van der Waals surface area contributed by atoms with Gasteiger partial charge >= 0.3 is 0 Å². The minimum Gasteiger partial charge on any atom is -0.311 e. The van der Waals surface area contributed by atoms with Gasteiger partial charge in [-0.2, -0.15) is 0 Å². The summed E-state index contributed by atoms with van der Waals surface area (Å²) in [4.78, 5) is 8.75. The molecule has 3 unspecified atom stereocenters. The van der Waals surface area contributed by atoms with Crippen LogP contribution in [0.25, 0.3) is 11.5 Å². The molecule has 0 amide bonds. The SMILES string of the molecule is CCCCC1CC(c2cc3nc-3n2)CC(C)N1. The molecule has 3 aliphatic rings. The summed E-state index contributed by atoms with van der Waals surface area (Å²) in [6.07, 6.45) is 6.40. The number of hydrogen-bond acceptors (Lipinski definition) is 3. The molecule has 17 heavy (non-hydrogen) atoms. The second kappa shape index (κ2) is 4.37.